The highest BCUT2D eigenvalue weighted by Crippen LogP contribution is 2.62. The number of nitrogens with zero attached hydrogens (tertiary/aromatic N) is 1. The normalized spacial score (nSPS) is 33.2. The lowest BCUT2D eigenvalue weighted by molar-refractivity contribution is -0.122. The Morgan fingerprint density at radius 3 is 2.37 bits per heavy atom. The Kier molecular flexibility index (Phi) is 13.0. The van der Waals surface area contributed by atoms with Gasteiger partial charge in [-0.2, -0.15) is 0 Å². The highest BCUT2D eigenvalue weighted by molar-refractivity contribution is 6.13. The van der Waals surface area contributed by atoms with Gasteiger partial charge in [0.1, 0.15) is 6.10 Å². The molecule has 4 bridgehead atoms. The Labute approximate surface area is 372 Å². The van der Waals surface area contributed by atoms with Crippen molar-refractivity contribution in [3.05, 3.63) is 107 Å². The second-order valence-electron chi connectivity index (χ2n) is 22.0. The van der Waals surface area contributed by atoms with Gasteiger partial charge in [-0.1, -0.05) is 126 Å². The van der Waals surface area contributed by atoms with Gasteiger partial charge in [0.25, 0.3) is 0 Å². The second kappa shape index (κ2) is 18.0. The van der Waals surface area contributed by atoms with Crippen LogP contribution in [0.1, 0.15) is 158 Å². The van der Waals surface area contributed by atoms with Crippen LogP contribution in [0.15, 0.2) is 84.4 Å². The topological polar surface area (TPSA) is 87.1 Å². The van der Waals surface area contributed by atoms with Gasteiger partial charge >= 0.3 is 6.09 Å². The maximum atomic E-state index is 15.2. The lowest BCUT2D eigenvalue weighted by Crippen LogP contribution is -2.58. The van der Waals surface area contributed by atoms with E-state index >= 15 is 4.79 Å². The third-order valence-corrected chi connectivity index (χ3v) is 17.6. The Hall–Kier alpha value is -3.74. The molecule has 0 saturated heterocycles. The number of aliphatic hydroxyl groups excluding tert-OH is 1. The molecule has 10 atom stereocenters. The molecule has 0 radical (unpaired) electrons. The molecule has 7 aliphatic rings. The van der Waals surface area contributed by atoms with Crippen molar-refractivity contribution in [3.8, 4) is 11.1 Å². The summed E-state index contributed by atoms with van der Waals surface area (Å²) in [6.45, 7) is 16.9. The van der Waals surface area contributed by atoms with Crippen molar-refractivity contribution in [1.82, 2.24) is 4.90 Å². The number of ether oxygens (including phenoxy) is 1. The van der Waals surface area contributed by atoms with E-state index in [1.165, 1.54) is 18.4 Å². The van der Waals surface area contributed by atoms with Gasteiger partial charge in [0, 0.05) is 23.1 Å². The minimum absolute atomic E-state index is 0.0400. The fourth-order valence-electron chi connectivity index (χ4n) is 13.3. The molecule has 2 N–H and O–H groups in total. The zero-order chi connectivity index (χ0) is 44.0. The van der Waals surface area contributed by atoms with Gasteiger partial charge < -0.3 is 19.8 Å². The van der Waals surface area contributed by atoms with E-state index < -0.39 is 17.1 Å². The Balaban J connectivity index is 1.18. The third-order valence-electron chi connectivity index (χ3n) is 17.6. The number of hydrogen-bond donors (Lipinski definition) is 2. The third kappa shape index (κ3) is 8.73. The molecular formula is C56H75NO5. The number of amides is 1. The maximum Gasteiger partial charge on any atom is 0.410 e. The predicted molar refractivity (Wildman–Crippen MR) is 250 cm³/mol. The molecule has 5 saturated carbocycles. The van der Waals surface area contributed by atoms with E-state index in [0.29, 0.717) is 79.4 Å². The summed E-state index contributed by atoms with van der Waals surface area (Å²) in [7, 11) is 0. The van der Waals surface area contributed by atoms with E-state index in [9.17, 15) is 15.0 Å². The molecule has 0 aliphatic heterocycles. The van der Waals surface area contributed by atoms with Gasteiger partial charge in [0.15, 0.2) is 5.78 Å². The van der Waals surface area contributed by atoms with E-state index in [-0.39, 0.29) is 35.9 Å². The van der Waals surface area contributed by atoms with Crippen LogP contribution in [0.25, 0.3) is 11.1 Å². The van der Waals surface area contributed by atoms with Crippen molar-refractivity contribution in [3.63, 3.8) is 0 Å². The molecule has 6 nitrogen and oxygen atoms in total. The molecule has 0 heterocycles. The van der Waals surface area contributed by atoms with Crippen molar-refractivity contribution in [2.24, 2.45) is 46.3 Å². The summed E-state index contributed by atoms with van der Waals surface area (Å²) in [6, 6.07) is 24.2. The monoisotopic (exact) mass is 842 g/mol. The summed E-state index contributed by atoms with van der Waals surface area (Å²) >= 11 is 0. The maximum absolute atomic E-state index is 15.2. The van der Waals surface area contributed by atoms with Crippen LogP contribution in [0.2, 0.25) is 0 Å². The molecule has 3 aromatic rings. The number of ketones is 1. The summed E-state index contributed by atoms with van der Waals surface area (Å²) in [5, 5.41) is 24.8. The number of carbonyl (C=O) groups is 2. The molecule has 0 aromatic heterocycles. The number of allylic oxidation sites excluding steroid dienone is 2. The number of hydrogen-bond acceptors (Lipinski definition) is 5. The smallest absolute Gasteiger partial charge is 0.410 e. The van der Waals surface area contributed by atoms with Crippen LogP contribution in [0.5, 0.6) is 0 Å². The molecule has 0 spiro atoms. The molecule has 6 heteroatoms. The van der Waals surface area contributed by atoms with E-state index in [1.54, 1.807) is 0 Å². The summed E-state index contributed by atoms with van der Waals surface area (Å²) in [6.07, 6.45) is 12.6. The summed E-state index contributed by atoms with van der Waals surface area (Å²) in [5.74, 6) is 2.76. The number of aliphatic hydroxyl groups is 2. The van der Waals surface area contributed by atoms with Crippen molar-refractivity contribution in [2.75, 3.05) is 13.1 Å². The van der Waals surface area contributed by atoms with Gasteiger partial charge in [-0.15, -0.1) is 0 Å². The minimum Gasteiger partial charge on any atom is -0.446 e. The first-order valence-corrected chi connectivity index (χ1v) is 24.4. The molecule has 62 heavy (non-hydrogen) atoms. The van der Waals surface area contributed by atoms with Crippen molar-refractivity contribution in [2.45, 2.75) is 156 Å². The van der Waals surface area contributed by atoms with Crippen LogP contribution >= 0.6 is 0 Å². The van der Waals surface area contributed by atoms with Crippen LogP contribution in [0, 0.1) is 46.3 Å². The van der Waals surface area contributed by atoms with E-state index in [1.807, 2.05) is 65.6 Å². The SMILES string of the molecule is CC1=CCCC2(C)C(CCC2(O)CN(CC2CCC3CC2C3(C)C)C(=O)OC2CC(C)CCC2C(C)C)c2ccc(cc2C(=O)c2ccccc2-c2ccccc2)CC(O)CC1. The second-order valence-corrected chi connectivity index (χ2v) is 22.0. The summed E-state index contributed by atoms with van der Waals surface area (Å²) < 4.78 is 6.69. The van der Waals surface area contributed by atoms with Crippen LogP contribution in [0.4, 0.5) is 4.79 Å². The molecule has 10 rings (SSSR count). The lowest BCUT2D eigenvalue weighted by atomic mass is 9.45. The fourth-order valence-corrected chi connectivity index (χ4v) is 13.3. The van der Waals surface area contributed by atoms with Crippen molar-refractivity contribution in [1.29, 1.82) is 0 Å². The van der Waals surface area contributed by atoms with E-state index in [0.717, 1.165) is 66.7 Å². The predicted octanol–water partition coefficient (Wildman–Crippen LogP) is 12.6. The average molecular weight is 842 g/mol. The van der Waals surface area contributed by atoms with Gasteiger partial charge in [0.2, 0.25) is 0 Å². The molecule has 1 amide bonds. The fraction of sp³-hybridized carbons (Fsp3) is 0.607. The molecular weight excluding hydrogens is 767 g/mol. The van der Waals surface area contributed by atoms with Crippen molar-refractivity contribution < 1.29 is 24.5 Å². The highest BCUT2D eigenvalue weighted by Gasteiger charge is 2.59. The largest absolute Gasteiger partial charge is 0.446 e. The van der Waals surface area contributed by atoms with Crippen LogP contribution < -0.4 is 0 Å². The van der Waals surface area contributed by atoms with Gasteiger partial charge in [-0.05, 0) is 159 Å². The molecule has 334 valence electrons. The minimum atomic E-state index is -1.23. The zero-order valence-electron chi connectivity index (χ0n) is 38.9. The van der Waals surface area contributed by atoms with E-state index in [4.69, 9.17) is 4.74 Å². The highest BCUT2D eigenvalue weighted by atomic mass is 16.6. The standard InChI is InChI=1S/C56H75NO5/c1-36(2)44-25-20-38(4)30-51(44)62-53(60)57(34-41-22-23-42-33-50(41)54(42,5)6)35-56(61)29-27-49-46-26-21-39(31-43(58)24-19-37(3)14-13-28-55(49,56)7)32-48(46)52(59)47-18-12-11-17-45(47)40-15-9-8-10-16-40/h8-12,14-18,21,26,32,36,38,41-44,49-51,58,61H,13,19-20,22-25,27-31,33-35H2,1-7H3. The average Bonchev–Trinajstić information content (AvgIpc) is 3.50. The van der Waals surface area contributed by atoms with Gasteiger partial charge in [-0.3, -0.25) is 4.79 Å². The summed E-state index contributed by atoms with van der Waals surface area (Å²) in [5.41, 5.74) is 4.67. The first kappa shape index (κ1) is 44.9. The molecule has 10 unspecified atom stereocenters. The first-order chi connectivity index (χ1) is 29.6. The van der Waals surface area contributed by atoms with Crippen LogP contribution in [-0.2, 0) is 11.2 Å². The number of benzene rings is 3. The van der Waals surface area contributed by atoms with Crippen LogP contribution in [-0.4, -0.2) is 57.9 Å². The molecule has 3 aromatic carbocycles. The lowest BCUT2D eigenvalue weighted by Gasteiger charge is -2.60. The summed E-state index contributed by atoms with van der Waals surface area (Å²) in [4.78, 5) is 32.1. The zero-order valence-corrected chi connectivity index (χ0v) is 38.9. The first-order valence-electron chi connectivity index (χ1n) is 24.4. The van der Waals surface area contributed by atoms with Crippen molar-refractivity contribution >= 4 is 11.9 Å². The Morgan fingerprint density at radius 2 is 1.63 bits per heavy atom. The molecule has 5 fully saturated rings. The molecule has 7 aliphatic carbocycles. The number of fused-ring (bicyclic) bond motifs is 10. The number of rotatable bonds is 9. The number of carbonyl (C=O) groups excluding carboxylic acids is 2. The van der Waals surface area contributed by atoms with Crippen LogP contribution in [0.3, 0.4) is 0 Å². The Morgan fingerprint density at radius 1 is 0.871 bits per heavy atom. The van der Waals surface area contributed by atoms with Gasteiger partial charge in [0.05, 0.1) is 18.2 Å². The van der Waals surface area contributed by atoms with Gasteiger partial charge in [-0.25, -0.2) is 4.79 Å². The quantitative estimate of drug-likeness (QED) is 0.166. The Bertz CT molecular complexity index is 2100. The van der Waals surface area contributed by atoms with E-state index in [2.05, 4.69) is 66.7 Å².